The Morgan fingerprint density at radius 2 is 1.79 bits per heavy atom. The van der Waals surface area contributed by atoms with Gasteiger partial charge in [-0.1, -0.05) is 0 Å². The van der Waals surface area contributed by atoms with Gasteiger partial charge in [-0.25, -0.2) is 0 Å². The van der Waals surface area contributed by atoms with Crippen LogP contribution in [0.1, 0.15) is 33.6 Å². The summed E-state index contributed by atoms with van der Waals surface area (Å²) in [6.07, 6.45) is 0.447. The zero-order valence-corrected chi connectivity index (χ0v) is 11.9. The van der Waals surface area contributed by atoms with Gasteiger partial charge in [0.2, 0.25) is 11.8 Å². The molecule has 0 aromatic heterocycles. The number of hydrogen-bond donors (Lipinski definition) is 3. The summed E-state index contributed by atoms with van der Waals surface area (Å²) in [7, 11) is 0. The maximum absolute atomic E-state index is 11.9. The second kappa shape index (κ2) is 6.86. The molecular weight excluding hydrogens is 246 g/mol. The topological polar surface area (TPSA) is 95.7 Å². The average Bonchev–Trinajstić information content (AvgIpc) is 2.36. The largest absolute Gasteiger partial charge is 0.391 e. The molecular formula is C13H25N3O3. The molecule has 1 fully saturated rings. The minimum atomic E-state index is -0.874. The zero-order valence-electron chi connectivity index (χ0n) is 11.9. The standard InChI is InChI=1S/C13H25N3O3/c1-8(2)15-12(18)10-4-6-16(7-5-10)13(19)11(14)9(3)17/h8-11,17H,4-7,14H2,1-3H3,(H,15,18)/t9-,11+/m1/s1. The van der Waals surface area contributed by atoms with Crippen molar-refractivity contribution >= 4 is 11.8 Å². The molecule has 2 atom stereocenters. The molecule has 19 heavy (non-hydrogen) atoms. The van der Waals surface area contributed by atoms with Crippen LogP contribution in [0.25, 0.3) is 0 Å². The van der Waals surface area contributed by atoms with Crippen molar-refractivity contribution in [2.24, 2.45) is 11.7 Å². The van der Waals surface area contributed by atoms with Crippen LogP contribution in [0.15, 0.2) is 0 Å². The number of piperidine rings is 1. The molecule has 0 saturated carbocycles. The van der Waals surface area contributed by atoms with Crippen molar-refractivity contribution in [2.75, 3.05) is 13.1 Å². The van der Waals surface area contributed by atoms with Crippen molar-refractivity contribution in [3.63, 3.8) is 0 Å². The van der Waals surface area contributed by atoms with Gasteiger partial charge >= 0.3 is 0 Å². The van der Waals surface area contributed by atoms with E-state index in [4.69, 9.17) is 5.73 Å². The van der Waals surface area contributed by atoms with Gasteiger partial charge in [-0.3, -0.25) is 9.59 Å². The average molecular weight is 271 g/mol. The van der Waals surface area contributed by atoms with Crippen LogP contribution < -0.4 is 11.1 Å². The van der Waals surface area contributed by atoms with Gasteiger partial charge in [0.25, 0.3) is 0 Å². The van der Waals surface area contributed by atoms with Gasteiger partial charge in [-0.2, -0.15) is 0 Å². The molecule has 0 bridgehead atoms. The minimum Gasteiger partial charge on any atom is -0.391 e. The third-order valence-corrected chi connectivity index (χ3v) is 3.41. The number of nitrogens with one attached hydrogen (secondary N) is 1. The van der Waals surface area contributed by atoms with Crippen LogP contribution >= 0.6 is 0 Å². The number of aliphatic hydroxyl groups is 1. The van der Waals surface area contributed by atoms with E-state index in [9.17, 15) is 14.7 Å². The summed E-state index contributed by atoms with van der Waals surface area (Å²) in [6.45, 7) is 6.41. The predicted molar refractivity (Wildman–Crippen MR) is 72.2 cm³/mol. The quantitative estimate of drug-likeness (QED) is 0.640. The third-order valence-electron chi connectivity index (χ3n) is 3.41. The SMILES string of the molecule is CC(C)NC(=O)C1CCN(C(=O)[C@@H](N)[C@@H](C)O)CC1. The molecule has 4 N–H and O–H groups in total. The van der Waals surface area contributed by atoms with Crippen LogP contribution in [0.3, 0.4) is 0 Å². The highest BCUT2D eigenvalue weighted by Crippen LogP contribution is 2.18. The summed E-state index contributed by atoms with van der Waals surface area (Å²) in [5.41, 5.74) is 5.63. The number of amides is 2. The molecule has 0 spiro atoms. The fourth-order valence-electron chi connectivity index (χ4n) is 2.18. The number of nitrogens with two attached hydrogens (primary N) is 1. The van der Waals surface area contributed by atoms with Crippen LogP contribution in [0.2, 0.25) is 0 Å². The lowest BCUT2D eigenvalue weighted by molar-refractivity contribution is -0.138. The lowest BCUT2D eigenvalue weighted by atomic mass is 9.95. The summed E-state index contributed by atoms with van der Waals surface area (Å²) in [6, 6.07) is -0.739. The molecule has 1 rings (SSSR count). The van der Waals surface area contributed by atoms with Gasteiger partial charge in [0.05, 0.1) is 6.10 Å². The number of carbonyl (C=O) groups excluding carboxylic acids is 2. The Balaban J connectivity index is 2.45. The van der Waals surface area contributed by atoms with Crippen LogP contribution in [-0.2, 0) is 9.59 Å². The summed E-state index contributed by atoms with van der Waals surface area (Å²) in [5.74, 6) is -0.214. The lowest BCUT2D eigenvalue weighted by Gasteiger charge is -2.33. The van der Waals surface area contributed by atoms with Crippen molar-refractivity contribution in [1.29, 1.82) is 0 Å². The van der Waals surface area contributed by atoms with E-state index in [1.165, 1.54) is 6.92 Å². The molecule has 0 aromatic carbocycles. The maximum atomic E-state index is 11.9. The summed E-state index contributed by atoms with van der Waals surface area (Å²) >= 11 is 0. The van der Waals surface area contributed by atoms with Crippen molar-refractivity contribution in [2.45, 2.75) is 51.8 Å². The normalized spacial score (nSPS) is 20.2. The second-order valence-corrected chi connectivity index (χ2v) is 5.53. The first-order valence-corrected chi connectivity index (χ1v) is 6.85. The predicted octanol–water partition coefficient (Wildman–Crippen LogP) is -0.542. The second-order valence-electron chi connectivity index (χ2n) is 5.53. The first kappa shape index (κ1) is 15.9. The van der Waals surface area contributed by atoms with E-state index in [0.29, 0.717) is 25.9 Å². The van der Waals surface area contributed by atoms with Gasteiger partial charge in [0.1, 0.15) is 6.04 Å². The molecule has 1 aliphatic heterocycles. The molecule has 1 aliphatic rings. The van der Waals surface area contributed by atoms with Crippen molar-refractivity contribution < 1.29 is 14.7 Å². The van der Waals surface area contributed by atoms with Gasteiger partial charge in [-0.05, 0) is 33.6 Å². The first-order chi connectivity index (χ1) is 8.82. The molecule has 0 aliphatic carbocycles. The summed E-state index contributed by atoms with van der Waals surface area (Å²) in [4.78, 5) is 25.4. The number of hydrogen-bond acceptors (Lipinski definition) is 4. The molecule has 0 aromatic rings. The molecule has 6 heteroatoms. The van der Waals surface area contributed by atoms with E-state index in [2.05, 4.69) is 5.32 Å². The highest BCUT2D eigenvalue weighted by Gasteiger charge is 2.30. The number of nitrogens with zero attached hydrogens (tertiary/aromatic N) is 1. The Kier molecular flexibility index (Phi) is 5.75. The molecule has 2 amide bonds. The van der Waals surface area contributed by atoms with Crippen LogP contribution in [0.4, 0.5) is 0 Å². The number of carbonyl (C=O) groups is 2. The van der Waals surface area contributed by atoms with Gasteiger partial charge in [0.15, 0.2) is 0 Å². The number of likely N-dealkylation sites (tertiary alicyclic amines) is 1. The summed E-state index contributed by atoms with van der Waals surface area (Å²) in [5, 5.41) is 12.2. The number of aliphatic hydroxyl groups excluding tert-OH is 1. The van der Waals surface area contributed by atoms with Gasteiger partial charge < -0.3 is 21.1 Å². The van der Waals surface area contributed by atoms with Gasteiger partial charge in [0, 0.05) is 25.0 Å². The van der Waals surface area contributed by atoms with E-state index in [0.717, 1.165) is 0 Å². The fourth-order valence-corrected chi connectivity index (χ4v) is 2.18. The Morgan fingerprint density at radius 3 is 2.21 bits per heavy atom. The van der Waals surface area contributed by atoms with E-state index in [1.807, 2.05) is 13.8 Å². The maximum Gasteiger partial charge on any atom is 0.242 e. The first-order valence-electron chi connectivity index (χ1n) is 6.85. The third kappa shape index (κ3) is 4.47. The van der Waals surface area contributed by atoms with Crippen LogP contribution in [0.5, 0.6) is 0 Å². The van der Waals surface area contributed by atoms with Crippen molar-refractivity contribution in [3.8, 4) is 0 Å². The van der Waals surface area contributed by atoms with Crippen molar-refractivity contribution in [3.05, 3.63) is 0 Å². The van der Waals surface area contributed by atoms with E-state index in [1.54, 1.807) is 4.90 Å². The van der Waals surface area contributed by atoms with E-state index >= 15 is 0 Å². The van der Waals surface area contributed by atoms with Crippen LogP contribution in [0, 0.1) is 5.92 Å². The fraction of sp³-hybridized carbons (Fsp3) is 0.846. The highest BCUT2D eigenvalue weighted by molar-refractivity contribution is 5.83. The highest BCUT2D eigenvalue weighted by atomic mass is 16.3. The Labute approximate surface area is 114 Å². The summed E-state index contributed by atoms with van der Waals surface area (Å²) < 4.78 is 0. The molecule has 0 unspecified atom stereocenters. The minimum absolute atomic E-state index is 0.0331. The van der Waals surface area contributed by atoms with E-state index in [-0.39, 0.29) is 23.8 Å². The molecule has 1 heterocycles. The molecule has 110 valence electrons. The lowest BCUT2D eigenvalue weighted by Crippen LogP contribution is -2.52. The molecule has 1 saturated heterocycles. The monoisotopic (exact) mass is 271 g/mol. The van der Waals surface area contributed by atoms with E-state index < -0.39 is 12.1 Å². The Morgan fingerprint density at radius 1 is 1.26 bits per heavy atom. The smallest absolute Gasteiger partial charge is 0.242 e. The van der Waals surface area contributed by atoms with Crippen molar-refractivity contribution in [1.82, 2.24) is 10.2 Å². The molecule has 6 nitrogen and oxygen atoms in total. The Bertz CT molecular complexity index is 323. The van der Waals surface area contributed by atoms with Crippen LogP contribution in [-0.4, -0.2) is 53.1 Å². The van der Waals surface area contributed by atoms with Gasteiger partial charge in [-0.15, -0.1) is 0 Å². The zero-order chi connectivity index (χ0) is 14.6. The number of rotatable bonds is 4. The Hall–Kier alpha value is -1.14. The molecule has 0 radical (unpaired) electrons.